The molecule has 0 N–H and O–H groups in total. The number of amidine groups is 1. The molecule has 0 aromatic heterocycles. The molecule has 0 spiro atoms. The van der Waals surface area contributed by atoms with Gasteiger partial charge in [0.1, 0.15) is 5.70 Å². The molecular weight excluding hydrogens is 348 g/mol. The van der Waals surface area contributed by atoms with Gasteiger partial charge in [-0.2, -0.15) is 0 Å². The van der Waals surface area contributed by atoms with Gasteiger partial charge in [0.05, 0.1) is 12.4 Å². The molecule has 1 aliphatic rings. The van der Waals surface area contributed by atoms with Gasteiger partial charge < -0.3 is 4.74 Å². The van der Waals surface area contributed by atoms with Crippen LogP contribution in [-0.2, 0) is 14.3 Å². The fourth-order valence-electron chi connectivity index (χ4n) is 2.13. The zero-order valence-corrected chi connectivity index (χ0v) is 15.4. The van der Waals surface area contributed by atoms with Crippen LogP contribution in [0.25, 0.3) is 6.08 Å². The molecule has 0 saturated heterocycles. The predicted octanol–water partition coefficient (Wildman–Crippen LogP) is 3.58. The van der Waals surface area contributed by atoms with Gasteiger partial charge in [0.2, 0.25) is 0 Å². The lowest BCUT2D eigenvalue weighted by atomic mass is 10.2. The predicted molar refractivity (Wildman–Crippen MR) is 97.9 cm³/mol. The third-order valence-corrected chi connectivity index (χ3v) is 4.47. The minimum atomic E-state index is -0.329. The van der Waals surface area contributed by atoms with Crippen LogP contribution in [-0.4, -0.2) is 40.3 Å². The Hall–Kier alpha value is -1.79. The monoisotopic (exact) mass is 366 g/mol. The lowest BCUT2D eigenvalue weighted by Gasteiger charge is -2.21. The van der Waals surface area contributed by atoms with E-state index < -0.39 is 0 Å². The van der Waals surface area contributed by atoms with E-state index >= 15 is 0 Å². The first-order chi connectivity index (χ1) is 11.4. The Labute approximate surface area is 150 Å². The van der Waals surface area contributed by atoms with Gasteiger partial charge in [0.25, 0.3) is 5.91 Å². The highest BCUT2D eigenvalue weighted by Gasteiger charge is 2.33. The van der Waals surface area contributed by atoms with Gasteiger partial charge in [-0.3, -0.25) is 14.5 Å². The van der Waals surface area contributed by atoms with E-state index in [4.69, 9.17) is 16.3 Å². The Bertz CT molecular complexity index is 701. The molecule has 0 unspecified atom stereocenters. The number of rotatable bonds is 5. The van der Waals surface area contributed by atoms with Crippen molar-refractivity contribution in [1.82, 2.24) is 4.90 Å². The number of esters is 1. The van der Waals surface area contributed by atoms with Crippen molar-refractivity contribution in [2.24, 2.45) is 4.99 Å². The summed E-state index contributed by atoms with van der Waals surface area (Å²) >= 11 is 7.34. The fourth-order valence-corrected chi connectivity index (χ4v) is 3.25. The van der Waals surface area contributed by atoms with Gasteiger partial charge in [0.15, 0.2) is 5.17 Å². The molecule has 5 nitrogen and oxygen atoms in total. The minimum Gasteiger partial charge on any atom is -0.465 e. The van der Waals surface area contributed by atoms with Gasteiger partial charge in [-0.1, -0.05) is 41.6 Å². The maximum Gasteiger partial charge on any atom is 0.316 e. The Morgan fingerprint density at radius 1 is 1.42 bits per heavy atom. The minimum absolute atomic E-state index is 0.0666. The molecule has 2 rings (SSSR count). The first-order valence-electron chi connectivity index (χ1n) is 7.61. The molecule has 0 saturated carbocycles. The van der Waals surface area contributed by atoms with Crippen LogP contribution in [0.3, 0.4) is 0 Å². The number of ether oxygens (including phenoxy) is 1. The van der Waals surface area contributed by atoms with Crippen molar-refractivity contribution in [2.75, 3.05) is 12.4 Å². The second-order valence-electron chi connectivity index (χ2n) is 5.31. The highest BCUT2D eigenvalue weighted by molar-refractivity contribution is 8.14. The quantitative estimate of drug-likeness (QED) is 0.590. The van der Waals surface area contributed by atoms with Crippen LogP contribution < -0.4 is 0 Å². The third kappa shape index (κ3) is 4.39. The Morgan fingerprint density at radius 3 is 2.75 bits per heavy atom. The lowest BCUT2D eigenvalue weighted by molar-refractivity contribution is -0.139. The van der Waals surface area contributed by atoms with Gasteiger partial charge in [-0.15, -0.1) is 0 Å². The summed E-state index contributed by atoms with van der Waals surface area (Å²) < 4.78 is 4.91. The number of thioether (sulfide) groups is 1. The average molecular weight is 367 g/mol. The van der Waals surface area contributed by atoms with Crippen LogP contribution in [0.15, 0.2) is 35.0 Å². The second kappa shape index (κ2) is 8.35. The second-order valence-corrected chi connectivity index (χ2v) is 6.66. The van der Waals surface area contributed by atoms with E-state index in [1.54, 1.807) is 24.0 Å². The maximum atomic E-state index is 12.6. The molecule has 1 aliphatic heterocycles. The third-order valence-electron chi connectivity index (χ3n) is 3.20. The van der Waals surface area contributed by atoms with Crippen LogP contribution >= 0.6 is 23.4 Å². The number of carbonyl (C=O) groups excluding carboxylic acids is 2. The molecule has 1 amide bonds. The number of halogens is 1. The first-order valence-corrected chi connectivity index (χ1v) is 8.97. The maximum absolute atomic E-state index is 12.6. The smallest absolute Gasteiger partial charge is 0.316 e. The van der Waals surface area contributed by atoms with Crippen molar-refractivity contribution in [2.45, 2.75) is 26.8 Å². The average Bonchev–Trinajstić information content (AvgIpc) is 2.84. The highest BCUT2D eigenvalue weighted by atomic mass is 35.5. The van der Waals surface area contributed by atoms with Crippen LogP contribution in [0.5, 0.6) is 0 Å². The normalized spacial score (nSPS) is 16.0. The summed E-state index contributed by atoms with van der Waals surface area (Å²) in [6.45, 7) is 5.88. The topological polar surface area (TPSA) is 59.0 Å². The largest absolute Gasteiger partial charge is 0.465 e. The Morgan fingerprint density at radius 2 is 2.12 bits per heavy atom. The number of carbonyl (C=O) groups is 2. The SMILES string of the molecule is CCOC(=O)CSC1=N/C(=C\c2ccccc2Cl)C(=O)N1C(C)C. The molecule has 7 heteroatoms. The molecule has 128 valence electrons. The van der Waals surface area contributed by atoms with Crippen molar-refractivity contribution < 1.29 is 14.3 Å². The summed E-state index contributed by atoms with van der Waals surface area (Å²) in [5, 5.41) is 1.05. The molecule has 0 atom stereocenters. The first kappa shape index (κ1) is 18.5. The standard InChI is InChI=1S/C17H19ClN2O3S/c1-4-23-15(21)10-24-17-19-14(16(22)20(17)11(2)3)9-12-7-5-6-8-13(12)18/h5-9,11H,4,10H2,1-3H3/b14-9-. The zero-order valence-electron chi connectivity index (χ0n) is 13.8. The zero-order chi connectivity index (χ0) is 17.7. The number of aliphatic imine (C=N–C) groups is 1. The highest BCUT2D eigenvalue weighted by Crippen LogP contribution is 2.27. The van der Waals surface area contributed by atoms with Crippen molar-refractivity contribution in [1.29, 1.82) is 0 Å². The van der Waals surface area contributed by atoms with E-state index in [1.807, 2.05) is 32.0 Å². The number of amides is 1. The molecule has 0 bridgehead atoms. The summed E-state index contributed by atoms with van der Waals surface area (Å²) in [5.41, 5.74) is 1.04. The van der Waals surface area contributed by atoms with E-state index in [1.165, 1.54) is 11.8 Å². The molecular formula is C17H19ClN2O3S. The van der Waals surface area contributed by atoms with Crippen molar-refractivity contribution in [3.8, 4) is 0 Å². The number of hydrogen-bond acceptors (Lipinski definition) is 5. The van der Waals surface area contributed by atoms with Crippen LogP contribution in [0, 0.1) is 0 Å². The van der Waals surface area contributed by atoms with Crippen molar-refractivity contribution >= 4 is 46.5 Å². The number of hydrogen-bond donors (Lipinski definition) is 0. The van der Waals surface area contributed by atoms with E-state index in [2.05, 4.69) is 4.99 Å². The summed E-state index contributed by atoms with van der Waals surface area (Å²) in [6, 6.07) is 7.18. The van der Waals surface area contributed by atoms with Crippen molar-refractivity contribution in [3.05, 3.63) is 40.5 Å². The van der Waals surface area contributed by atoms with Crippen LogP contribution in [0.2, 0.25) is 5.02 Å². The van der Waals surface area contributed by atoms with Gasteiger partial charge >= 0.3 is 5.97 Å². The fraction of sp³-hybridized carbons (Fsp3) is 0.353. The van der Waals surface area contributed by atoms with Crippen LogP contribution in [0.4, 0.5) is 0 Å². The molecule has 1 heterocycles. The van der Waals surface area contributed by atoms with E-state index in [-0.39, 0.29) is 23.7 Å². The summed E-state index contributed by atoms with van der Waals surface area (Å²) in [4.78, 5) is 30.1. The summed E-state index contributed by atoms with van der Waals surface area (Å²) in [7, 11) is 0. The number of benzene rings is 1. The van der Waals surface area contributed by atoms with Gasteiger partial charge in [-0.25, -0.2) is 4.99 Å². The molecule has 0 aliphatic carbocycles. The summed E-state index contributed by atoms with van der Waals surface area (Å²) in [6.07, 6.45) is 1.66. The lowest BCUT2D eigenvalue weighted by Crippen LogP contribution is -2.37. The molecule has 1 aromatic carbocycles. The van der Waals surface area contributed by atoms with Crippen molar-refractivity contribution in [3.63, 3.8) is 0 Å². The number of nitrogens with zero attached hydrogens (tertiary/aromatic N) is 2. The molecule has 0 radical (unpaired) electrons. The Kier molecular flexibility index (Phi) is 6.45. The molecule has 1 aromatic rings. The summed E-state index contributed by atoms with van der Waals surface area (Å²) in [5.74, 6) is -0.413. The van der Waals surface area contributed by atoms with Gasteiger partial charge in [0, 0.05) is 11.1 Å². The molecule has 24 heavy (non-hydrogen) atoms. The van der Waals surface area contributed by atoms with Gasteiger partial charge in [-0.05, 0) is 38.5 Å². The van der Waals surface area contributed by atoms with Crippen LogP contribution in [0.1, 0.15) is 26.3 Å². The van der Waals surface area contributed by atoms with E-state index in [0.29, 0.717) is 22.5 Å². The van der Waals surface area contributed by atoms with E-state index in [9.17, 15) is 9.59 Å². The Balaban J connectivity index is 2.25. The van der Waals surface area contributed by atoms with E-state index in [0.717, 1.165) is 5.56 Å². The molecule has 0 fully saturated rings.